The molecule has 1 aliphatic heterocycles. The lowest BCUT2D eigenvalue weighted by molar-refractivity contribution is -0.0478. The third-order valence-electron chi connectivity index (χ3n) is 3.90. The molecule has 3 rings (SSSR count). The van der Waals surface area contributed by atoms with Crippen molar-refractivity contribution in [2.45, 2.75) is 39.2 Å². The summed E-state index contributed by atoms with van der Waals surface area (Å²) in [6, 6.07) is 3.79. The monoisotopic (exact) mass is 364 g/mol. The summed E-state index contributed by atoms with van der Waals surface area (Å²) in [5, 5.41) is 8.81. The first-order valence-electron chi connectivity index (χ1n) is 8.14. The van der Waals surface area contributed by atoms with Crippen molar-refractivity contribution in [3.05, 3.63) is 40.9 Å². The predicted octanol–water partition coefficient (Wildman–Crippen LogP) is 3.26. The zero-order chi connectivity index (χ0) is 17.9. The minimum absolute atomic E-state index is 0.0424. The first kappa shape index (κ1) is 17.7. The van der Waals surface area contributed by atoms with Gasteiger partial charge in [-0.15, -0.1) is 0 Å². The molecule has 8 heteroatoms. The van der Waals surface area contributed by atoms with Crippen LogP contribution in [0.15, 0.2) is 29.9 Å². The van der Waals surface area contributed by atoms with Crippen LogP contribution in [-0.2, 0) is 16.0 Å². The maximum atomic E-state index is 6.50. The molecule has 0 saturated carbocycles. The van der Waals surface area contributed by atoms with Crippen LogP contribution in [0, 0.1) is 0 Å². The topological polar surface area (TPSA) is 70.8 Å². The Morgan fingerprint density at radius 2 is 2.28 bits per heavy atom. The lowest BCUT2D eigenvalue weighted by atomic mass is 9.93. The summed E-state index contributed by atoms with van der Waals surface area (Å²) in [4.78, 5) is 9.20. The number of benzene rings is 1. The standard InChI is InChI=1S/C17H21ClN4O3/c1-4-23-11-24-21-16(22-10-19-9-20-22)13-8-15-12(7-14(13)18)5-6-17(2,3)25-15/h7-10H,4-6,11H2,1-3H3/b21-16-. The smallest absolute Gasteiger partial charge is 0.216 e. The van der Waals surface area contributed by atoms with E-state index in [0.717, 1.165) is 24.2 Å². The van der Waals surface area contributed by atoms with E-state index in [-0.39, 0.29) is 12.4 Å². The second-order valence-electron chi connectivity index (χ2n) is 6.30. The van der Waals surface area contributed by atoms with Crippen LogP contribution in [0.2, 0.25) is 5.02 Å². The maximum Gasteiger partial charge on any atom is 0.216 e. The van der Waals surface area contributed by atoms with Crippen LogP contribution < -0.4 is 4.74 Å². The quantitative estimate of drug-likeness (QED) is 0.268. The molecule has 2 heterocycles. The molecule has 0 aliphatic carbocycles. The average molecular weight is 365 g/mol. The van der Waals surface area contributed by atoms with Gasteiger partial charge in [0.05, 0.1) is 5.02 Å². The van der Waals surface area contributed by atoms with Gasteiger partial charge in [-0.1, -0.05) is 16.8 Å². The van der Waals surface area contributed by atoms with Gasteiger partial charge in [0.1, 0.15) is 24.0 Å². The summed E-state index contributed by atoms with van der Waals surface area (Å²) in [6.45, 7) is 6.60. The fourth-order valence-corrected chi connectivity index (χ4v) is 2.85. The van der Waals surface area contributed by atoms with E-state index in [1.807, 2.05) is 19.1 Å². The third kappa shape index (κ3) is 4.11. The highest BCUT2D eigenvalue weighted by atomic mass is 35.5. The lowest BCUT2D eigenvalue weighted by Crippen LogP contribution is -2.32. The van der Waals surface area contributed by atoms with Crippen molar-refractivity contribution in [1.29, 1.82) is 0 Å². The van der Waals surface area contributed by atoms with E-state index in [1.54, 1.807) is 0 Å². The molecule has 0 fully saturated rings. The summed E-state index contributed by atoms with van der Waals surface area (Å²) < 4.78 is 12.7. The number of oxime groups is 1. The highest BCUT2D eigenvalue weighted by Gasteiger charge is 2.28. The molecular formula is C17H21ClN4O3. The number of aryl methyl sites for hydroxylation is 1. The minimum Gasteiger partial charge on any atom is -0.488 e. The van der Waals surface area contributed by atoms with E-state index >= 15 is 0 Å². The number of nitrogens with zero attached hydrogens (tertiary/aromatic N) is 4. The number of ether oxygens (including phenoxy) is 2. The summed E-state index contributed by atoms with van der Waals surface area (Å²) in [5.41, 5.74) is 1.52. The zero-order valence-corrected chi connectivity index (χ0v) is 15.3. The molecule has 0 spiro atoms. The molecule has 0 bridgehead atoms. The van der Waals surface area contributed by atoms with E-state index in [0.29, 0.717) is 23.0 Å². The van der Waals surface area contributed by atoms with Gasteiger partial charge in [0.2, 0.25) is 12.6 Å². The molecule has 0 saturated heterocycles. The Morgan fingerprint density at radius 1 is 1.44 bits per heavy atom. The van der Waals surface area contributed by atoms with E-state index < -0.39 is 0 Å². The minimum atomic E-state index is -0.214. The molecule has 0 radical (unpaired) electrons. The number of fused-ring (bicyclic) bond motifs is 1. The second-order valence-corrected chi connectivity index (χ2v) is 6.70. The van der Waals surface area contributed by atoms with Crippen molar-refractivity contribution in [2.24, 2.45) is 5.16 Å². The zero-order valence-electron chi connectivity index (χ0n) is 14.5. The van der Waals surface area contributed by atoms with E-state index in [4.69, 9.17) is 25.9 Å². The first-order chi connectivity index (χ1) is 12.0. The Balaban J connectivity index is 1.98. The normalized spacial score (nSPS) is 16.2. The van der Waals surface area contributed by atoms with Gasteiger partial charge >= 0.3 is 0 Å². The van der Waals surface area contributed by atoms with Crippen molar-refractivity contribution >= 4 is 17.4 Å². The molecule has 7 nitrogen and oxygen atoms in total. The van der Waals surface area contributed by atoms with E-state index in [2.05, 4.69) is 29.1 Å². The van der Waals surface area contributed by atoms with Gasteiger partial charge < -0.3 is 14.3 Å². The number of hydrogen-bond donors (Lipinski definition) is 0. The Labute approximate surface area is 151 Å². The van der Waals surface area contributed by atoms with Crippen LogP contribution >= 0.6 is 11.6 Å². The first-order valence-corrected chi connectivity index (χ1v) is 8.52. The molecule has 134 valence electrons. The summed E-state index contributed by atoms with van der Waals surface area (Å²) >= 11 is 6.50. The second kappa shape index (κ2) is 7.41. The number of hydrogen-bond acceptors (Lipinski definition) is 6. The molecular weight excluding hydrogens is 344 g/mol. The van der Waals surface area contributed by atoms with Crippen molar-refractivity contribution in [1.82, 2.24) is 14.8 Å². The number of aromatic nitrogens is 3. The molecule has 0 amide bonds. The Morgan fingerprint density at radius 3 is 3.00 bits per heavy atom. The van der Waals surface area contributed by atoms with Crippen molar-refractivity contribution in [3.8, 4) is 5.75 Å². The fraction of sp³-hybridized carbons (Fsp3) is 0.471. The largest absolute Gasteiger partial charge is 0.488 e. The summed E-state index contributed by atoms with van der Waals surface area (Å²) in [5.74, 6) is 1.21. The molecule has 1 aromatic carbocycles. The van der Waals surface area contributed by atoms with Gasteiger partial charge in [-0.05, 0) is 51.3 Å². The van der Waals surface area contributed by atoms with Gasteiger partial charge in [-0.3, -0.25) is 0 Å². The summed E-state index contributed by atoms with van der Waals surface area (Å²) in [7, 11) is 0. The third-order valence-corrected chi connectivity index (χ3v) is 4.21. The van der Waals surface area contributed by atoms with Gasteiger partial charge in [0.25, 0.3) is 0 Å². The lowest BCUT2D eigenvalue weighted by Gasteiger charge is -2.33. The van der Waals surface area contributed by atoms with E-state index in [9.17, 15) is 0 Å². The van der Waals surface area contributed by atoms with Crippen LogP contribution in [0.3, 0.4) is 0 Å². The highest BCUT2D eigenvalue weighted by molar-refractivity contribution is 6.34. The molecule has 0 N–H and O–H groups in total. The van der Waals surface area contributed by atoms with Crippen molar-refractivity contribution < 1.29 is 14.3 Å². The molecule has 0 atom stereocenters. The number of halogens is 1. The van der Waals surface area contributed by atoms with Crippen LogP contribution in [-0.4, -0.2) is 39.6 Å². The van der Waals surface area contributed by atoms with E-state index in [1.165, 1.54) is 17.3 Å². The summed E-state index contributed by atoms with van der Waals surface area (Å²) in [6.07, 6.45) is 4.81. The Bertz CT molecular complexity index is 760. The average Bonchev–Trinajstić information content (AvgIpc) is 3.09. The van der Waals surface area contributed by atoms with Crippen LogP contribution in [0.25, 0.3) is 0 Å². The van der Waals surface area contributed by atoms with Crippen LogP contribution in [0.5, 0.6) is 5.75 Å². The molecule has 1 aliphatic rings. The van der Waals surface area contributed by atoms with Crippen molar-refractivity contribution in [2.75, 3.05) is 13.4 Å². The van der Waals surface area contributed by atoms with Crippen molar-refractivity contribution in [3.63, 3.8) is 0 Å². The van der Waals surface area contributed by atoms with Crippen LogP contribution in [0.1, 0.15) is 38.3 Å². The highest BCUT2D eigenvalue weighted by Crippen LogP contribution is 2.36. The SMILES string of the molecule is CCOCO/N=C(/c1cc2c(cc1Cl)CCC(C)(C)O2)n1cncn1. The Kier molecular flexibility index (Phi) is 5.24. The molecule has 25 heavy (non-hydrogen) atoms. The van der Waals surface area contributed by atoms with Gasteiger partial charge in [-0.25, -0.2) is 4.98 Å². The molecule has 2 aromatic rings. The van der Waals surface area contributed by atoms with Gasteiger partial charge in [0.15, 0.2) is 0 Å². The maximum absolute atomic E-state index is 6.50. The number of rotatable bonds is 5. The predicted molar refractivity (Wildman–Crippen MR) is 94.0 cm³/mol. The Hall–Kier alpha value is -2.12. The van der Waals surface area contributed by atoms with Gasteiger partial charge in [0, 0.05) is 12.2 Å². The molecule has 1 aromatic heterocycles. The van der Waals surface area contributed by atoms with Gasteiger partial charge in [-0.2, -0.15) is 9.78 Å². The van der Waals surface area contributed by atoms with Crippen LogP contribution in [0.4, 0.5) is 0 Å². The fourth-order valence-electron chi connectivity index (χ4n) is 2.58. The molecule has 0 unspecified atom stereocenters.